The van der Waals surface area contributed by atoms with Gasteiger partial charge < -0.3 is 10.1 Å². The van der Waals surface area contributed by atoms with Gasteiger partial charge in [0.2, 0.25) is 0 Å². The predicted molar refractivity (Wildman–Crippen MR) is 101 cm³/mol. The van der Waals surface area contributed by atoms with E-state index in [4.69, 9.17) is 39.5 Å². The summed E-state index contributed by atoms with van der Waals surface area (Å²) in [5.74, 6) is -1.98. The molecule has 1 unspecified atom stereocenters. The minimum absolute atomic E-state index is 0.0526. The number of carbonyl (C=O) groups is 2. The zero-order valence-corrected chi connectivity index (χ0v) is 15.7. The Kier molecular flexibility index (Phi) is 7.03. The van der Waals surface area contributed by atoms with Crippen molar-refractivity contribution in [2.75, 3.05) is 5.32 Å². The fraction of sp³-hybridized carbons (Fsp3) is 0.111. The van der Waals surface area contributed by atoms with Gasteiger partial charge in [-0.2, -0.15) is 0 Å². The van der Waals surface area contributed by atoms with Crippen molar-refractivity contribution in [2.45, 2.75) is 13.0 Å². The highest BCUT2D eigenvalue weighted by atomic mass is 35.5. The second-order valence-corrected chi connectivity index (χ2v) is 6.48. The molecule has 8 heteroatoms. The summed E-state index contributed by atoms with van der Waals surface area (Å²) < 4.78 is 18.6. The van der Waals surface area contributed by atoms with Crippen LogP contribution in [0.15, 0.2) is 42.5 Å². The third-order valence-corrected chi connectivity index (χ3v) is 3.94. The van der Waals surface area contributed by atoms with E-state index >= 15 is 0 Å². The van der Waals surface area contributed by atoms with Gasteiger partial charge in [-0.3, -0.25) is 4.79 Å². The third kappa shape index (κ3) is 5.73. The molecule has 0 spiro atoms. The first-order valence-corrected chi connectivity index (χ1v) is 8.49. The summed E-state index contributed by atoms with van der Waals surface area (Å²) in [5, 5.41) is 3.38. The SMILES string of the molecule is CC(OC(=O)/C=C/c1c(F)cccc1Cl)C(=O)Nc1cc(Cl)cc(Cl)c1. The average Bonchev–Trinajstić information content (AvgIpc) is 2.53. The van der Waals surface area contributed by atoms with E-state index in [1.807, 2.05) is 0 Å². The molecule has 0 aromatic heterocycles. The van der Waals surface area contributed by atoms with Gasteiger partial charge in [0.1, 0.15) is 5.82 Å². The van der Waals surface area contributed by atoms with E-state index < -0.39 is 23.8 Å². The number of hydrogen-bond acceptors (Lipinski definition) is 3. The molecule has 2 rings (SSSR count). The molecular weight excluding hydrogens is 404 g/mol. The highest BCUT2D eigenvalue weighted by Crippen LogP contribution is 2.23. The minimum Gasteiger partial charge on any atom is -0.449 e. The van der Waals surface area contributed by atoms with Crippen LogP contribution in [0.2, 0.25) is 15.1 Å². The van der Waals surface area contributed by atoms with E-state index in [-0.39, 0.29) is 10.6 Å². The van der Waals surface area contributed by atoms with Gasteiger partial charge in [0, 0.05) is 27.4 Å². The Morgan fingerprint density at radius 1 is 1.15 bits per heavy atom. The first-order valence-electron chi connectivity index (χ1n) is 7.36. The lowest BCUT2D eigenvalue weighted by Crippen LogP contribution is -2.29. The molecule has 2 aromatic rings. The van der Waals surface area contributed by atoms with Crippen molar-refractivity contribution >= 4 is 58.4 Å². The Bertz CT molecular complexity index is 830. The largest absolute Gasteiger partial charge is 0.449 e. The van der Waals surface area contributed by atoms with Gasteiger partial charge in [-0.05, 0) is 43.3 Å². The fourth-order valence-electron chi connectivity index (χ4n) is 1.96. The molecule has 0 fully saturated rings. The van der Waals surface area contributed by atoms with Crippen LogP contribution in [-0.4, -0.2) is 18.0 Å². The Morgan fingerprint density at radius 3 is 2.42 bits per heavy atom. The van der Waals surface area contributed by atoms with Crippen molar-refractivity contribution in [1.82, 2.24) is 0 Å². The number of esters is 1. The van der Waals surface area contributed by atoms with Crippen LogP contribution in [0, 0.1) is 5.82 Å². The molecule has 0 saturated carbocycles. The maximum Gasteiger partial charge on any atom is 0.331 e. The zero-order chi connectivity index (χ0) is 19.3. The summed E-state index contributed by atoms with van der Waals surface area (Å²) in [7, 11) is 0. The fourth-order valence-corrected chi connectivity index (χ4v) is 2.71. The van der Waals surface area contributed by atoms with E-state index in [0.717, 1.165) is 6.08 Å². The standard InChI is InChI=1S/C18H13Cl3FNO3/c1-10(18(25)23-13-8-11(19)7-12(20)9-13)26-17(24)6-5-14-15(21)3-2-4-16(14)22/h2-10H,1H3,(H,23,25)/b6-5+. The smallest absolute Gasteiger partial charge is 0.331 e. The lowest BCUT2D eigenvalue weighted by molar-refractivity contribution is -0.148. The average molecular weight is 417 g/mol. The second kappa shape index (κ2) is 9.03. The number of carbonyl (C=O) groups excluding carboxylic acids is 2. The van der Waals surface area contributed by atoms with Crippen molar-refractivity contribution in [2.24, 2.45) is 0 Å². The number of ether oxygens (including phenoxy) is 1. The lowest BCUT2D eigenvalue weighted by Gasteiger charge is -2.13. The van der Waals surface area contributed by atoms with Crippen LogP contribution in [0.4, 0.5) is 10.1 Å². The van der Waals surface area contributed by atoms with Gasteiger partial charge in [-0.15, -0.1) is 0 Å². The minimum atomic E-state index is -1.10. The molecule has 26 heavy (non-hydrogen) atoms. The molecule has 0 radical (unpaired) electrons. The highest BCUT2D eigenvalue weighted by molar-refractivity contribution is 6.35. The van der Waals surface area contributed by atoms with Gasteiger partial charge in [0.25, 0.3) is 5.91 Å². The molecule has 0 aliphatic heterocycles. The summed E-state index contributed by atoms with van der Waals surface area (Å²) in [6.45, 7) is 1.39. The van der Waals surface area contributed by atoms with E-state index in [1.165, 1.54) is 49.4 Å². The van der Waals surface area contributed by atoms with E-state index in [9.17, 15) is 14.0 Å². The Labute approximate surface area is 164 Å². The molecule has 2 aromatic carbocycles. The number of hydrogen-bond donors (Lipinski definition) is 1. The third-order valence-electron chi connectivity index (χ3n) is 3.18. The molecule has 0 aliphatic carbocycles. The molecular formula is C18H13Cl3FNO3. The van der Waals surface area contributed by atoms with Crippen LogP contribution < -0.4 is 5.32 Å². The Balaban J connectivity index is 1.97. The van der Waals surface area contributed by atoms with E-state index in [2.05, 4.69) is 5.32 Å². The highest BCUT2D eigenvalue weighted by Gasteiger charge is 2.17. The van der Waals surface area contributed by atoms with Crippen molar-refractivity contribution in [3.63, 3.8) is 0 Å². The molecule has 4 nitrogen and oxygen atoms in total. The van der Waals surface area contributed by atoms with Crippen LogP contribution in [0.3, 0.4) is 0 Å². The van der Waals surface area contributed by atoms with Gasteiger partial charge >= 0.3 is 5.97 Å². The van der Waals surface area contributed by atoms with Crippen LogP contribution in [0.1, 0.15) is 12.5 Å². The number of anilines is 1. The van der Waals surface area contributed by atoms with Crippen LogP contribution >= 0.6 is 34.8 Å². The first kappa shape index (κ1) is 20.2. The summed E-state index contributed by atoms with van der Waals surface area (Å²) in [4.78, 5) is 23.9. The van der Waals surface area contributed by atoms with Crippen molar-refractivity contribution in [3.8, 4) is 0 Å². The van der Waals surface area contributed by atoms with Crippen molar-refractivity contribution in [3.05, 3.63) is 68.9 Å². The topological polar surface area (TPSA) is 55.4 Å². The van der Waals surface area contributed by atoms with Gasteiger partial charge in [0.15, 0.2) is 6.10 Å². The molecule has 0 heterocycles. The summed E-state index contributed by atoms with van der Waals surface area (Å²) in [6, 6.07) is 8.66. The number of rotatable bonds is 5. The van der Waals surface area contributed by atoms with Crippen LogP contribution in [-0.2, 0) is 14.3 Å². The number of amides is 1. The van der Waals surface area contributed by atoms with E-state index in [0.29, 0.717) is 15.7 Å². The van der Waals surface area contributed by atoms with Crippen LogP contribution in [0.25, 0.3) is 6.08 Å². The summed E-state index contributed by atoms with van der Waals surface area (Å²) in [5.41, 5.74) is 0.417. The molecule has 1 N–H and O–H groups in total. The molecule has 0 bridgehead atoms. The Hall–Kier alpha value is -2.08. The van der Waals surface area contributed by atoms with Gasteiger partial charge in [-0.25, -0.2) is 9.18 Å². The normalized spacial score (nSPS) is 12.0. The molecule has 0 saturated heterocycles. The van der Waals surface area contributed by atoms with Crippen molar-refractivity contribution in [1.29, 1.82) is 0 Å². The summed E-state index contributed by atoms with van der Waals surface area (Å²) >= 11 is 17.6. The zero-order valence-electron chi connectivity index (χ0n) is 13.4. The van der Waals surface area contributed by atoms with E-state index in [1.54, 1.807) is 0 Å². The number of halogens is 4. The van der Waals surface area contributed by atoms with Crippen LogP contribution in [0.5, 0.6) is 0 Å². The maximum atomic E-state index is 13.6. The second-order valence-electron chi connectivity index (χ2n) is 5.20. The van der Waals surface area contributed by atoms with Gasteiger partial charge in [-0.1, -0.05) is 40.9 Å². The predicted octanol–water partition coefficient (Wildman–Crippen LogP) is 5.37. The molecule has 0 aliphatic rings. The molecule has 136 valence electrons. The molecule has 1 amide bonds. The maximum absolute atomic E-state index is 13.6. The monoisotopic (exact) mass is 415 g/mol. The quantitative estimate of drug-likeness (QED) is 0.526. The first-order chi connectivity index (χ1) is 12.3. The number of nitrogens with one attached hydrogen (secondary N) is 1. The van der Waals surface area contributed by atoms with Crippen molar-refractivity contribution < 1.29 is 18.7 Å². The number of benzene rings is 2. The Morgan fingerprint density at radius 2 is 1.81 bits per heavy atom. The lowest BCUT2D eigenvalue weighted by atomic mass is 10.2. The molecule has 1 atom stereocenters. The summed E-state index contributed by atoms with van der Waals surface area (Å²) in [6.07, 6.45) is 1.08. The van der Waals surface area contributed by atoms with Gasteiger partial charge in [0.05, 0.1) is 5.02 Å².